The molecule has 0 amide bonds. The summed E-state index contributed by atoms with van der Waals surface area (Å²) in [5, 5.41) is 8.62. The van der Waals surface area contributed by atoms with E-state index < -0.39 is 30.0 Å². The first-order valence-corrected chi connectivity index (χ1v) is 7.11. The van der Waals surface area contributed by atoms with Gasteiger partial charge < -0.3 is 14.6 Å². The van der Waals surface area contributed by atoms with Gasteiger partial charge in [-0.05, 0) is 42.0 Å². The molecule has 0 fully saturated rings. The quantitative estimate of drug-likeness (QED) is 0.614. The largest absolute Gasteiger partial charge is 0.493 e. The lowest BCUT2D eigenvalue weighted by atomic mass is 10.1. The summed E-state index contributed by atoms with van der Waals surface area (Å²) in [6.07, 6.45) is 2.56. The smallest absolute Gasteiger partial charge is 0.341 e. The number of benzene rings is 2. The van der Waals surface area contributed by atoms with E-state index >= 15 is 0 Å². The van der Waals surface area contributed by atoms with Crippen molar-refractivity contribution in [3.63, 3.8) is 0 Å². The molecule has 0 heterocycles. The molecule has 0 radical (unpaired) electrons. The summed E-state index contributed by atoms with van der Waals surface area (Å²) >= 11 is 0. The van der Waals surface area contributed by atoms with Gasteiger partial charge in [0, 0.05) is 5.56 Å². The van der Waals surface area contributed by atoms with Gasteiger partial charge in [0.15, 0.2) is 35.5 Å². The van der Waals surface area contributed by atoms with Crippen LogP contribution in [0.4, 0.5) is 8.78 Å². The van der Waals surface area contributed by atoms with Gasteiger partial charge in [0.1, 0.15) is 0 Å². The topological polar surface area (TPSA) is 72.8 Å². The summed E-state index contributed by atoms with van der Waals surface area (Å²) in [4.78, 5) is 22.7. The Morgan fingerprint density at radius 2 is 1.84 bits per heavy atom. The van der Waals surface area contributed by atoms with Crippen LogP contribution in [-0.2, 0) is 4.79 Å². The Labute approximate surface area is 142 Å². The molecule has 0 aliphatic rings. The van der Waals surface area contributed by atoms with Gasteiger partial charge >= 0.3 is 5.97 Å². The molecule has 0 atom stereocenters. The van der Waals surface area contributed by atoms with Gasteiger partial charge in [-0.3, -0.25) is 4.79 Å². The lowest BCUT2D eigenvalue weighted by Crippen LogP contribution is -2.10. The van der Waals surface area contributed by atoms with E-state index in [1.54, 1.807) is 0 Å². The van der Waals surface area contributed by atoms with E-state index in [9.17, 15) is 18.4 Å². The number of carbonyl (C=O) groups is 2. The maximum absolute atomic E-state index is 13.1. The number of carboxylic acid groups (broad SMARTS) is 1. The van der Waals surface area contributed by atoms with E-state index in [4.69, 9.17) is 14.6 Å². The van der Waals surface area contributed by atoms with Crippen molar-refractivity contribution in [2.75, 3.05) is 13.7 Å². The molecular weight excluding hydrogens is 334 g/mol. The van der Waals surface area contributed by atoms with Crippen LogP contribution in [0.25, 0.3) is 6.08 Å². The second kappa shape index (κ2) is 8.05. The highest BCUT2D eigenvalue weighted by Crippen LogP contribution is 2.28. The third-order valence-corrected chi connectivity index (χ3v) is 3.17. The molecule has 0 bridgehead atoms. The molecule has 0 saturated heterocycles. The number of halogens is 2. The summed E-state index contributed by atoms with van der Waals surface area (Å²) in [7, 11) is 1.36. The number of hydrogen-bond acceptors (Lipinski definition) is 4. The van der Waals surface area contributed by atoms with Crippen molar-refractivity contribution in [3.8, 4) is 11.5 Å². The third-order valence-electron chi connectivity index (χ3n) is 3.17. The van der Waals surface area contributed by atoms with Crippen molar-refractivity contribution in [2.45, 2.75) is 0 Å². The average molecular weight is 348 g/mol. The fourth-order valence-electron chi connectivity index (χ4n) is 1.96. The van der Waals surface area contributed by atoms with Crippen LogP contribution in [0.15, 0.2) is 42.5 Å². The molecule has 7 heteroatoms. The molecule has 5 nitrogen and oxygen atoms in total. The molecule has 25 heavy (non-hydrogen) atoms. The molecule has 0 aliphatic carbocycles. The molecular formula is C18H14F2O5. The van der Waals surface area contributed by atoms with Gasteiger partial charge in [-0.15, -0.1) is 0 Å². The molecule has 0 aromatic heterocycles. The number of aliphatic carboxylic acids is 1. The van der Waals surface area contributed by atoms with E-state index in [-0.39, 0.29) is 17.1 Å². The van der Waals surface area contributed by atoms with Gasteiger partial charge in [-0.1, -0.05) is 12.1 Å². The Morgan fingerprint density at radius 1 is 1.08 bits per heavy atom. The van der Waals surface area contributed by atoms with Gasteiger partial charge in [0.25, 0.3) is 0 Å². The summed E-state index contributed by atoms with van der Waals surface area (Å²) in [5.41, 5.74) is 0.596. The lowest BCUT2D eigenvalue weighted by Gasteiger charge is -2.09. The first kappa shape index (κ1) is 18.1. The SMILES string of the molecule is COc1cc(C(=O)C=Cc2ccc(F)c(F)c2)ccc1OCC(=O)O. The predicted octanol–water partition coefficient (Wildman–Crippen LogP) is 3.33. The van der Waals surface area contributed by atoms with Crippen molar-refractivity contribution < 1.29 is 33.0 Å². The van der Waals surface area contributed by atoms with Crippen LogP contribution in [0.5, 0.6) is 11.5 Å². The van der Waals surface area contributed by atoms with E-state index in [1.807, 2.05) is 0 Å². The Bertz CT molecular complexity index is 830. The number of ketones is 1. The van der Waals surface area contributed by atoms with Gasteiger partial charge in [-0.2, -0.15) is 0 Å². The first-order chi connectivity index (χ1) is 11.9. The zero-order valence-electron chi connectivity index (χ0n) is 13.2. The standard InChI is InChI=1S/C18H14F2O5/c1-24-17-9-12(4-7-16(17)25-10-18(22)23)15(21)6-3-11-2-5-13(19)14(20)8-11/h2-9H,10H2,1H3,(H,22,23). The van der Waals surface area contributed by atoms with Crippen LogP contribution in [-0.4, -0.2) is 30.6 Å². The van der Waals surface area contributed by atoms with Crippen molar-refractivity contribution in [1.29, 1.82) is 0 Å². The van der Waals surface area contributed by atoms with Crippen molar-refractivity contribution >= 4 is 17.8 Å². The second-order valence-electron chi connectivity index (χ2n) is 4.92. The van der Waals surface area contributed by atoms with Crippen LogP contribution in [0.3, 0.4) is 0 Å². The zero-order chi connectivity index (χ0) is 18.4. The minimum Gasteiger partial charge on any atom is -0.493 e. The number of methoxy groups -OCH3 is 1. The molecule has 0 spiro atoms. The maximum atomic E-state index is 13.1. The van der Waals surface area contributed by atoms with Gasteiger partial charge in [0.05, 0.1) is 7.11 Å². The Hall–Kier alpha value is -3.22. The minimum absolute atomic E-state index is 0.186. The highest BCUT2D eigenvalue weighted by molar-refractivity contribution is 6.07. The van der Waals surface area contributed by atoms with E-state index in [2.05, 4.69) is 0 Å². The Morgan fingerprint density at radius 3 is 2.48 bits per heavy atom. The van der Waals surface area contributed by atoms with Crippen molar-refractivity contribution in [2.24, 2.45) is 0 Å². The maximum Gasteiger partial charge on any atom is 0.341 e. The number of carboxylic acids is 1. The van der Waals surface area contributed by atoms with Gasteiger partial charge in [0.2, 0.25) is 0 Å². The normalized spacial score (nSPS) is 10.7. The van der Waals surface area contributed by atoms with E-state index in [0.717, 1.165) is 12.1 Å². The first-order valence-electron chi connectivity index (χ1n) is 7.11. The average Bonchev–Trinajstić information content (AvgIpc) is 2.60. The highest BCUT2D eigenvalue weighted by Gasteiger charge is 2.11. The summed E-state index contributed by atoms with van der Waals surface area (Å²) < 4.78 is 36.1. The van der Waals surface area contributed by atoms with E-state index in [1.165, 1.54) is 43.5 Å². The fraction of sp³-hybridized carbons (Fsp3) is 0.111. The van der Waals surface area contributed by atoms with Crippen molar-refractivity contribution in [3.05, 3.63) is 65.2 Å². The molecule has 130 valence electrons. The number of rotatable bonds is 7. The van der Waals surface area contributed by atoms with Crippen molar-refractivity contribution in [1.82, 2.24) is 0 Å². The number of ether oxygens (including phenoxy) is 2. The second-order valence-corrected chi connectivity index (χ2v) is 4.92. The zero-order valence-corrected chi connectivity index (χ0v) is 13.2. The number of hydrogen-bond donors (Lipinski definition) is 1. The Balaban J connectivity index is 2.16. The number of carbonyl (C=O) groups excluding carboxylic acids is 1. The monoisotopic (exact) mass is 348 g/mol. The molecule has 2 rings (SSSR count). The fourth-order valence-corrected chi connectivity index (χ4v) is 1.96. The van der Waals surface area contributed by atoms with E-state index in [0.29, 0.717) is 5.56 Å². The molecule has 0 unspecified atom stereocenters. The molecule has 0 saturated carbocycles. The molecule has 2 aromatic carbocycles. The van der Waals surface area contributed by atoms with Crippen LogP contribution in [0.1, 0.15) is 15.9 Å². The summed E-state index contributed by atoms with van der Waals surface area (Å²) in [6, 6.07) is 7.54. The Kier molecular flexibility index (Phi) is 5.84. The minimum atomic E-state index is -1.14. The lowest BCUT2D eigenvalue weighted by molar-refractivity contribution is -0.139. The summed E-state index contributed by atoms with van der Waals surface area (Å²) in [6.45, 7) is -0.542. The molecule has 2 aromatic rings. The van der Waals surface area contributed by atoms with Gasteiger partial charge in [-0.25, -0.2) is 13.6 Å². The van der Waals surface area contributed by atoms with Crippen LogP contribution in [0, 0.1) is 11.6 Å². The summed E-state index contributed by atoms with van der Waals surface area (Å²) in [5.74, 6) is -3.12. The molecule has 0 aliphatic heterocycles. The highest BCUT2D eigenvalue weighted by atomic mass is 19.2. The predicted molar refractivity (Wildman–Crippen MR) is 85.8 cm³/mol. The van der Waals surface area contributed by atoms with Crippen LogP contribution >= 0.6 is 0 Å². The molecule has 1 N–H and O–H groups in total. The third kappa shape index (κ3) is 4.87. The van der Waals surface area contributed by atoms with Crippen LogP contribution in [0.2, 0.25) is 0 Å². The number of allylic oxidation sites excluding steroid dienone is 1. The van der Waals surface area contributed by atoms with Crippen LogP contribution < -0.4 is 9.47 Å².